The van der Waals surface area contributed by atoms with E-state index in [4.69, 9.17) is 4.74 Å². The zero-order valence-corrected chi connectivity index (χ0v) is 12.8. The summed E-state index contributed by atoms with van der Waals surface area (Å²) in [5, 5.41) is 0. The molecular formula is C20H15F3O. The van der Waals surface area contributed by atoms with E-state index in [1.54, 1.807) is 24.3 Å². The van der Waals surface area contributed by atoms with E-state index in [1.165, 1.54) is 0 Å². The SMILES string of the molecule is FC(F)(F)COc1ccccc1-c1ccccc1-c1ccccc1. The monoisotopic (exact) mass is 328 g/mol. The molecule has 0 aliphatic heterocycles. The van der Waals surface area contributed by atoms with Crippen molar-refractivity contribution in [3.05, 3.63) is 78.9 Å². The maximum Gasteiger partial charge on any atom is 0.422 e. The highest BCUT2D eigenvalue weighted by Crippen LogP contribution is 2.37. The number of alkyl halides is 3. The van der Waals surface area contributed by atoms with Crippen LogP contribution in [0.5, 0.6) is 5.75 Å². The fourth-order valence-electron chi connectivity index (χ4n) is 2.56. The van der Waals surface area contributed by atoms with Crippen molar-refractivity contribution in [1.82, 2.24) is 0 Å². The number of hydrogen-bond acceptors (Lipinski definition) is 1. The van der Waals surface area contributed by atoms with Crippen molar-refractivity contribution >= 4 is 0 Å². The minimum Gasteiger partial charge on any atom is -0.483 e. The second-order valence-corrected chi connectivity index (χ2v) is 5.31. The first-order chi connectivity index (χ1) is 11.5. The summed E-state index contributed by atoms with van der Waals surface area (Å²) >= 11 is 0. The minimum absolute atomic E-state index is 0.221. The Morgan fingerprint density at radius 3 is 1.83 bits per heavy atom. The molecule has 0 radical (unpaired) electrons. The molecule has 0 amide bonds. The van der Waals surface area contributed by atoms with Gasteiger partial charge in [-0.1, -0.05) is 72.8 Å². The van der Waals surface area contributed by atoms with Gasteiger partial charge in [-0.2, -0.15) is 13.2 Å². The Kier molecular flexibility index (Phi) is 4.56. The first kappa shape index (κ1) is 16.1. The van der Waals surface area contributed by atoms with Crippen LogP contribution in [0.4, 0.5) is 13.2 Å². The molecule has 0 saturated heterocycles. The summed E-state index contributed by atoms with van der Waals surface area (Å²) < 4.78 is 42.5. The summed E-state index contributed by atoms with van der Waals surface area (Å²) in [6.45, 7) is -1.31. The highest BCUT2D eigenvalue weighted by molar-refractivity contribution is 5.85. The fraction of sp³-hybridized carbons (Fsp3) is 0.100. The van der Waals surface area contributed by atoms with Gasteiger partial charge in [-0.25, -0.2) is 0 Å². The number of rotatable bonds is 4. The van der Waals surface area contributed by atoms with Crippen molar-refractivity contribution in [2.75, 3.05) is 6.61 Å². The summed E-state index contributed by atoms with van der Waals surface area (Å²) in [5.74, 6) is 0.221. The molecule has 0 aromatic heterocycles. The van der Waals surface area contributed by atoms with Crippen molar-refractivity contribution in [2.24, 2.45) is 0 Å². The molecule has 0 N–H and O–H groups in total. The third-order valence-corrected chi connectivity index (χ3v) is 3.58. The van der Waals surface area contributed by atoms with E-state index in [9.17, 15) is 13.2 Å². The standard InChI is InChI=1S/C20H15F3O/c21-20(22,23)14-24-19-13-7-6-12-18(19)17-11-5-4-10-16(17)15-8-2-1-3-9-15/h1-13H,14H2. The second-order valence-electron chi connectivity index (χ2n) is 5.31. The lowest BCUT2D eigenvalue weighted by atomic mass is 9.94. The molecule has 0 aliphatic carbocycles. The molecule has 0 saturated carbocycles. The van der Waals surface area contributed by atoms with Gasteiger partial charge < -0.3 is 4.74 Å². The molecule has 3 aromatic carbocycles. The summed E-state index contributed by atoms with van der Waals surface area (Å²) in [4.78, 5) is 0. The van der Waals surface area contributed by atoms with Crippen LogP contribution in [-0.4, -0.2) is 12.8 Å². The molecule has 0 fully saturated rings. The first-order valence-corrected chi connectivity index (χ1v) is 7.48. The maximum absolute atomic E-state index is 12.5. The van der Waals surface area contributed by atoms with Crippen molar-refractivity contribution in [2.45, 2.75) is 6.18 Å². The molecule has 0 unspecified atom stereocenters. The van der Waals surface area contributed by atoms with Gasteiger partial charge in [0.25, 0.3) is 0 Å². The summed E-state index contributed by atoms with van der Waals surface area (Å²) in [6.07, 6.45) is -4.37. The molecule has 122 valence electrons. The molecule has 0 bridgehead atoms. The lowest BCUT2D eigenvalue weighted by molar-refractivity contribution is -0.153. The van der Waals surface area contributed by atoms with E-state index in [1.807, 2.05) is 54.6 Å². The summed E-state index contributed by atoms with van der Waals surface area (Å²) in [6, 6.07) is 24.1. The summed E-state index contributed by atoms with van der Waals surface area (Å²) in [5.41, 5.74) is 3.42. The van der Waals surface area contributed by atoms with Crippen LogP contribution < -0.4 is 4.74 Å². The van der Waals surface area contributed by atoms with Crippen LogP contribution in [0.15, 0.2) is 78.9 Å². The van der Waals surface area contributed by atoms with E-state index < -0.39 is 12.8 Å². The van der Waals surface area contributed by atoms with Crippen molar-refractivity contribution in [1.29, 1.82) is 0 Å². The van der Waals surface area contributed by atoms with Gasteiger partial charge in [0, 0.05) is 5.56 Å². The average Bonchev–Trinajstić information content (AvgIpc) is 2.60. The van der Waals surface area contributed by atoms with Gasteiger partial charge in [-0.05, 0) is 22.8 Å². The van der Waals surface area contributed by atoms with Crippen molar-refractivity contribution in [3.8, 4) is 28.0 Å². The zero-order valence-electron chi connectivity index (χ0n) is 12.8. The molecule has 4 heteroatoms. The first-order valence-electron chi connectivity index (χ1n) is 7.48. The summed E-state index contributed by atoms with van der Waals surface area (Å²) in [7, 11) is 0. The van der Waals surface area contributed by atoms with Gasteiger partial charge in [-0.3, -0.25) is 0 Å². The van der Waals surface area contributed by atoms with Crippen molar-refractivity contribution in [3.63, 3.8) is 0 Å². The Balaban J connectivity index is 2.05. The third kappa shape index (κ3) is 3.77. The highest BCUT2D eigenvalue weighted by atomic mass is 19.4. The van der Waals surface area contributed by atoms with Gasteiger partial charge in [-0.15, -0.1) is 0 Å². The number of benzene rings is 3. The Morgan fingerprint density at radius 1 is 0.625 bits per heavy atom. The van der Waals surface area contributed by atoms with Crippen LogP contribution in [0.1, 0.15) is 0 Å². The second kappa shape index (κ2) is 6.79. The minimum atomic E-state index is -4.37. The molecule has 0 atom stereocenters. The van der Waals surface area contributed by atoms with Crippen LogP contribution in [-0.2, 0) is 0 Å². The molecule has 0 spiro atoms. The van der Waals surface area contributed by atoms with Crippen LogP contribution >= 0.6 is 0 Å². The third-order valence-electron chi connectivity index (χ3n) is 3.58. The predicted octanol–water partition coefficient (Wildman–Crippen LogP) is 5.96. The Labute approximate surface area is 138 Å². The Bertz CT molecular complexity index is 810. The largest absolute Gasteiger partial charge is 0.483 e. The van der Waals surface area contributed by atoms with E-state index in [-0.39, 0.29) is 5.75 Å². The molecule has 1 nitrogen and oxygen atoms in total. The predicted molar refractivity (Wildman–Crippen MR) is 88.9 cm³/mol. The van der Waals surface area contributed by atoms with Crippen LogP contribution in [0, 0.1) is 0 Å². The molecule has 3 aromatic rings. The van der Waals surface area contributed by atoms with Crippen LogP contribution in [0.25, 0.3) is 22.3 Å². The average molecular weight is 328 g/mol. The maximum atomic E-state index is 12.5. The molecule has 24 heavy (non-hydrogen) atoms. The smallest absolute Gasteiger partial charge is 0.422 e. The van der Waals surface area contributed by atoms with Gasteiger partial charge in [0.15, 0.2) is 6.61 Å². The van der Waals surface area contributed by atoms with Gasteiger partial charge in [0.1, 0.15) is 5.75 Å². The molecular weight excluding hydrogens is 313 g/mol. The normalized spacial score (nSPS) is 11.3. The van der Waals surface area contributed by atoms with Gasteiger partial charge in [0.05, 0.1) is 0 Å². The number of para-hydroxylation sites is 1. The van der Waals surface area contributed by atoms with Crippen LogP contribution in [0.3, 0.4) is 0 Å². The van der Waals surface area contributed by atoms with Gasteiger partial charge >= 0.3 is 6.18 Å². The van der Waals surface area contributed by atoms with E-state index in [2.05, 4.69) is 0 Å². The van der Waals surface area contributed by atoms with Crippen LogP contribution in [0.2, 0.25) is 0 Å². The van der Waals surface area contributed by atoms with Gasteiger partial charge in [0.2, 0.25) is 0 Å². The number of hydrogen-bond donors (Lipinski definition) is 0. The Hall–Kier alpha value is -2.75. The van der Waals surface area contributed by atoms with Crippen molar-refractivity contribution < 1.29 is 17.9 Å². The topological polar surface area (TPSA) is 9.23 Å². The van der Waals surface area contributed by atoms with E-state index in [0.29, 0.717) is 5.56 Å². The number of halogens is 3. The fourth-order valence-corrected chi connectivity index (χ4v) is 2.56. The quantitative estimate of drug-likeness (QED) is 0.574. The van der Waals surface area contributed by atoms with E-state index in [0.717, 1.165) is 16.7 Å². The number of ether oxygens (including phenoxy) is 1. The Morgan fingerprint density at radius 2 is 1.17 bits per heavy atom. The molecule has 0 aliphatic rings. The molecule has 3 rings (SSSR count). The highest BCUT2D eigenvalue weighted by Gasteiger charge is 2.29. The zero-order chi connectivity index (χ0) is 17.0. The van der Waals surface area contributed by atoms with E-state index >= 15 is 0 Å². The lowest BCUT2D eigenvalue weighted by Gasteiger charge is -2.16. The lowest BCUT2D eigenvalue weighted by Crippen LogP contribution is -2.19. The molecule has 0 heterocycles.